The highest BCUT2D eigenvalue weighted by Gasteiger charge is 2.27. The van der Waals surface area contributed by atoms with Gasteiger partial charge in [-0.25, -0.2) is 14.4 Å². The molecule has 0 aliphatic carbocycles. The second-order valence-corrected chi connectivity index (χ2v) is 11.8. The van der Waals surface area contributed by atoms with E-state index in [2.05, 4.69) is 17.0 Å². The van der Waals surface area contributed by atoms with Crippen molar-refractivity contribution in [3.63, 3.8) is 0 Å². The predicted molar refractivity (Wildman–Crippen MR) is 180 cm³/mol. The average molecular weight is 749 g/mol. The summed E-state index contributed by atoms with van der Waals surface area (Å²) in [5.41, 5.74) is 1.12. The van der Waals surface area contributed by atoms with E-state index in [0.29, 0.717) is 65.2 Å². The summed E-state index contributed by atoms with van der Waals surface area (Å²) in [4.78, 5) is 57.5. The molecule has 4 heterocycles. The molecule has 3 aromatic heterocycles. The minimum atomic E-state index is -0.648. The highest BCUT2D eigenvalue weighted by atomic mass is 127. The molecule has 10 heteroatoms. The first-order valence-corrected chi connectivity index (χ1v) is 15.5. The van der Waals surface area contributed by atoms with Crippen LogP contribution in [0.1, 0.15) is 15.9 Å². The maximum absolute atomic E-state index is 13.8. The summed E-state index contributed by atoms with van der Waals surface area (Å²) < 4.78 is 8.64. The lowest BCUT2D eigenvalue weighted by Crippen LogP contribution is -3.00. The molecule has 1 aliphatic heterocycles. The summed E-state index contributed by atoms with van der Waals surface area (Å²) in [6.07, 6.45) is 3.75. The van der Waals surface area contributed by atoms with Crippen LogP contribution in [0.15, 0.2) is 134 Å². The Hall–Kier alpha value is -5.36. The van der Waals surface area contributed by atoms with Crippen LogP contribution in [0.5, 0.6) is 0 Å². The second-order valence-electron chi connectivity index (χ2n) is 11.8. The molecule has 0 bridgehead atoms. The zero-order valence-electron chi connectivity index (χ0n) is 25.7. The zero-order valence-corrected chi connectivity index (χ0v) is 27.9. The molecule has 7 aromatic rings. The monoisotopic (exact) mass is 748 g/mol. The normalized spacial score (nSPS) is 13.2. The number of hydrogen-bond acceptors (Lipinski definition) is 6. The van der Waals surface area contributed by atoms with Gasteiger partial charge in [0.15, 0.2) is 0 Å². The Morgan fingerprint density at radius 2 is 1.38 bits per heavy atom. The maximum Gasteiger partial charge on any atom is 0.429 e. The van der Waals surface area contributed by atoms with E-state index in [1.54, 1.807) is 53.4 Å². The van der Waals surface area contributed by atoms with Crippen LogP contribution in [-0.4, -0.2) is 41.6 Å². The smallest absolute Gasteiger partial charge is 0.429 e. The molecule has 8 rings (SSSR count). The summed E-state index contributed by atoms with van der Waals surface area (Å²) in [6.45, 7) is 2.51. The van der Waals surface area contributed by atoms with E-state index in [1.165, 1.54) is 4.24 Å². The van der Waals surface area contributed by atoms with Crippen LogP contribution >= 0.6 is 0 Å². The molecule has 0 spiro atoms. The van der Waals surface area contributed by atoms with Gasteiger partial charge in [-0.05, 0) is 35.9 Å². The van der Waals surface area contributed by atoms with Crippen LogP contribution < -0.4 is 49.9 Å². The Morgan fingerprint density at radius 3 is 2.12 bits per heavy atom. The van der Waals surface area contributed by atoms with Gasteiger partial charge in [0.25, 0.3) is 5.91 Å². The Kier molecular flexibility index (Phi) is 8.26. The molecule has 0 N–H and O–H groups in total. The van der Waals surface area contributed by atoms with Crippen LogP contribution in [0.2, 0.25) is 0 Å². The van der Waals surface area contributed by atoms with Crippen molar-refractivity contribution in [2.45, 2.75) is 6.54 Å². The lowest BCUT2D eigenvalue weighted by Gasteiger charge is -2.36. The number of carbonyl (C=O) groups excluding carboxylic acids is 1. The van der Waals surface area contributed by atoms with Crippen molar-refractivity contribution in [3.8, 4) is 0 Å². The third-order valence-corrected chi connectivity index (χ3v) is 9.00. The van der Waals surface area contributed by atoms with Crippen molar-refractivity contribution in [3.05, 3.63) is 163 Å². The molecule has 1 aliphatic rings. The molecule has 1 fully saturated rings. The number of piperazine rings is 1. The number of anilines is 1. The third-order valence-electron chi connectivity index (χ3n) is 9.00. The van der Waals surface area contributed by atoms with E-state index >= 15 is 0 Å². The fourth-order valence-corrected chi connectivity index (χ4v) is 6.62. The summed E-state index contributed by atoms with van der Waals surface area (Å²) in [5, 5.41) is 3.59. The molecule has 0 saturated carbocycles. The predicted octanol–water partition coefficient (Wildman–Crippen LogP) is 1.16. The number of nitrogens with zero attached hydrogens (tertiary/aromatic N) is 4. The topological polar surface area (TPSA) is 98.7 Å². The van der Waals surface area contributed by atoms with Gasteiger partial charge in [-0.3, -0.25) is 4.79 Å². The first kappa shape index (κ1) is 31.3. The number of para-hydroxylation sites is 1. The zero-order chi connectivity index (χ0) is 32.1. The van der Waals surface area contributed by atoms with Crippen molar-refractivity contribution in [1.29, 1.82) is 0 Å². The fourth-order valence-electron chi connectivity index (χ4n) is 6.62. The van der Waals surface area contributed by atoms with Crippen LogP contribution in [0.4, 0.5) is 5.69 Å². The number of rotatable bonds is 4. The SMILES string of the molecule is O=C(c1cc2ccccc2oc1=O)N1CCN(c2ccc3c(=O)[n+](=c4ccn(Cc5ccccc5)cc4)c(=O)c4cccc2c43)CC1.[I-]. The lowest BCUT2D eigenvalue weighted by atomic mass is 10.00. The molecule has 1 saturated heterocycles. The number of carbonyl (C=O) groups is 1. The largest absolute Gasteiger partial charge is 1.00 e. The number of pyridine rings is 2. The minimum Gasteiger partial charge on any atom is -1.00 e. The van der Waals surface area contributed by atoms with Crippen molar-refractivity contribution < 1.29 is 37.4 Å². The van der Waals surface area contributed by atoms with Crippen LogP contribution in [-0.2, 0) is 6.54 Å². The Morgan fingerprint density at radius 1 is 0.708 bits per heavy atom. The Labute approximate surface area is 290 Å². The first-order valence-electron chi connectivity index (χ1n) is 15.5. The standard InChI is InChI=1S/C38H29N4O5.HI/c43-35(31-23-26-9-4-5-12-33(26)47-38(31)46)41-21-19-40(20-22-41)32-14-13-30-34-28(32)10-6-11-29(34)36(44)42(37(30)45)27-15-17-39(18-16-27)24-25-7-2-1-3-8-25;/h1-18,23H,19-22,24H2;1H/q+1;/p-1. The molecule has 0 radical (unpaired) electrons. The number of fused-ring (bicyclic) bond motifs is 1. The third kappa shape index (κ3) is 5.41. The Bertz CT molecular complexity index is 2560. The number of hydrogen-bond donors (Lipinski definition) is 0. The highest BCUT2D eigenvalue weighted by Crippen LogP contribution is 2.32. The molecule has 238 valence electrons. The number of aromatic nitrogens is 2. The average Bonchev–Trinajstić information content (AvgIpc) is 3.11. The van der Waals surface area contributed by atoms with Gasteiger partial charge in [-0.2, -0.15) is 0 Å². The van der Waals surface area contributed by atoms with Gasteiger partial charge in [-0.15, -0.1) is 0 Å². The summed E-state index contributed by atoms with van der Waals surface area (Å²) in [5.74, 6) is -0.358. The summed E-state index contributed by atoms with van der Waals surface area (Å²) >= 11 is 0. The summed E-state index contributed by atoms with van der Waals surface area (Å²) in [7, 11) is 0. The summed E-state index contributed by atoms with van der Waals surface area (Å²) in [6, 6.07) is 31.6. The van der Waals surface area contributed by atoms with Gasteiger partial charge in [0, 0.05) is 79.1 Å². The van der Waals surface area contributed by atoms with Gasteiger partial charge in [0.05, 0.1) is 0 Å². The molecule has 1 amide bonds. The van der Waals surface area contributed by atoms with E-state index < -0.39 is 5.63 Å². The van der Waals surface area contributed by atoms with Crippen LogP contribution in [0.25, 0.3) is 32.5 Å². The van der Waals surface area contributed by atoms with Crippen molar-refractivity contribution in [2.75, 3.05) is 31.1 Å². The quantitative estimate of drug-likeness (QED) is 0.152. The second kappa shape index (κ2) is 12.7. The number of amides is 1. The number of halogens is 1. The molecule has 0 atom stereocenters. The van der Waals surface area contributed by atoms with Gasteiger partial charge in [0.2, 0.25) is 5.36 Å². The van der Waals surface area contributed by atoms with Crippen molar-refractivity contribution in [2.24, 2.45) is 0 Å². The highest BCUT2D eigenvalue weighted by molar-refractivity contribution is 6.13. The minimum absolute atomic E-state index is 0. The fraction of sp³-hybridized carbons (Fsp3) is 0.132. The molecular formula is C38H29IN4O5. The Balaban J connectivity index is 0.00000364. The van der Waals surface area contributed by atoms with E-state index in [-0.39, 0.29) is 46.6 Å². The van der Waals surface area contributed by atoms with Gasteiger partial charge in [0.1, 0.15) is 21.9 Å². The molecular weight excluding hydrogens is 719 g/mol. The van der Waals surface area contributed by atoms with E-state index in [4.69, 9.17) is 4.42 Å². The van der Waals surface area contributed by atoms with E-state index in [9.17, 15) is 19.2 Å². The van der Waals surface area contributed by atoms with Gasteiger partial charge >= 0.3 is 16.7 Å². The van der Waals surface area contributed by atoms with Crippen LogP contribution in [0, 0.1) is 5.36 Å². The van der Waals surface area contributed by atoms with Crippen molar-refractivity contribution >= 4 is 44.1 Å². The molecule has 48 heavy (non-hydrogen) atoms. The lowest BCUT2D eigenvalue weighted by molar-refractivity contribution is -0.539. The number of benzene rings is 4. The van der Waals surface area contributed by atoms with Gasteiger partial charge in [-0.1, -0.05) is 64.9 Å². The molecule has 4 aromatic carbocycles. The maximum atomic E-state index is 13.8. The van der Waals surface area contributed by atoms with E-state index in [0.717, 1.165) is 16.6 Å². The van der Waals surface area contributed by atoms with Gasteiger partial charge < -0.3 is 42.8 Å². The van der Waals surface area contributed by atoms with Crippen LogP contribution in [0.3, 0.4) is 0 Å². The van der Waals surface area contributed by atoms with Crippen molar-refractivity contribution in [1.82, 2.24) is 9.47 Å². The molecule has 9 nitrogen and oxygen atoms in total. The van der Waals surface area contributed by atoms with E-state index in [1.807, 2.05) is 59.4 Å². The molecule has 0 unspecified atom stereocenters. The first-order chi connectivity index (χ1) is 23.0.